The van der Waals surface area contributed by atoms with Crippen molar-refractivity contribution in [1.29, 1.82) is 0 Å². The van der Waals surface area contributed by atoms with Crippen molar-refractivity contribution in [2.45, 2.75) is 6.04 Å². The number of anilines is 1. The van der Waals surface area contributed by atoms with E-state index in [4.69, 9.17) is 9.47 Å². The lowest BCUT2D eigenvalue weighted by Crippen LogP contribution is -2.48. The van der Waals surface area contributed by atoms with Gasteiger partial charge in [-0.05, 0) is 12.1 Å². The summed E-state index contributed by atoms with van der Waals surface area (Å²) >= 11 is 0. The average Bonchev–Trinajstić information content (AvgIpc) is 2.27. The van der Waals surface area contributed by atoms with Crippen molar-refractivity contribution in [1.82, 2.24) is 5.32 Å². The van der Waals surface area contributed by atoms with Crippen LogP contribution in [-0.2, 0) is 9.53 Å². The molecule has 0 spiro atoms. The van der Waals surface area contributed by atoms with E-state index in [1.54, 1.807) is 13.2 Å². The van der Waals surface area contributed by atoms with Crippen molar-refractivity contribution < 1.29 is 14.3 Å². The standard InChI is InChI=1S/C12H16N2O3/c1-16-11-4-2-3-9(5-11)14-12(15)6-13-10-7-17-8-10/h2-5,10,13H,6-8H2,1H3,(H,14,15). The molecule has 92 valence electrons. The molecule has 0 aromatic heterocycles. The summed E-state index contributed by atoms with van der Waals surface area (Å²) in [5.74, 6) is 0.660. The topological polar surface area (TPSA) is 59.6 Å². The Labute approximate surface area is 100 Å². The molecular formula is C12H16N2O3. The predicted molar refractivity (Wildman–Crippen MR) is 64.2 cm³/mol. The lowest BCUT2D eigenvalue weighted by Gasteiger charge is -2.26. The van der Waals surface area contributed by atoms with Crippen molar-refractivity contribution in [3.8, 4) is 5.75 Å². The molecule has 1 aromatic carbocycles. The van der Waals surface area contributed by atoms with E-state index >= 15 is 0 Å². The Bertz CT molecular complexity index is 391. The highest BCUT2D eigenvalue weighted by molar-refractivity contribution is 5.92. The highest BCUT2D eigenvalue weighted by Crippen LogP contribution is 2.16. The van der Waals surface area contributed by atoms with Crippen LogP contribution in [0.3, 0.4) is 0 Å². The van der Waals surface area contributed by atoms with Crippen LogP contribution in [0.15, 0.2) is 24.3 Å². The minimum atomic E-state index is -0.0647. The first-order valence-electron chi connectivity index (χ1n) is 5.53. The van der Waals surface area contributed by atoms with Gasteiger partial charge in [0, 0.05) is 11.8 Å². The molecule has 1 aliphatic rings. The van der Waals surface area contributed by atoms with Crippen LogP contribution < -0.4 is 15.4 Å². The van der Waals surface area contributed by atoms with E-state index in [0.717, 1.165) is 11.4 Å². The molecule has 0 saturated carbocycles. The largest absolute Gasteiger partial charge is 0.497 e. The lowest BCUT2D eigenvalue weighted by molar-refractivity contribution is -0.116. The Morgan fingerprint density at radius 3 is 3.00 bits per heavy atom. The van der Waals surface area contributed by atoms with E-state index < -0.39 is 0 Å². The van der Waals surface area contributed by atoms with Gasteiger partial charge in [-0.3, -0.25) is 4.79 Å². The van der Waals surface area contributed by atoms with Crippen LogP contribution in [-0.4, -0.2) is 38.8 Å². The van der Waals surface area contributed by atoms with Crippen molar-refractivity contribution in [3.63, 3.8) is 0 Å². The normalized spacial score (nSPS) is 15.1. The second-order valence-electron chi connectivity index (χ2n) is 3.90. The fourth-order valence-corrected chi connectivity index (χ4v) is 1.50. The summed E-state index contributed by atoms with van der Waals surface area (Å²) in [5.41, 5.74) is 0.737. The van der Waals surface area contributed by atoms with Crippen LogP contribution in [0.5, 0.6) is 5.75 Å². The van der Waals surface area contributed by atoms with Crippen LogP contribution in [0.1, 0.15) is 0 Å². The van der Waals surface area contributed by atoms with E-state index in [9.17, 15) is 4.79 Å². The third-order valence-corrected chi connectivity index (χ3v) is 2.54. The van der Waals surface area contributed by atoms with Gasteiger partial charge >= 0.3 is 0 Å². The molecule has 0 aliphatic carbocycles. The van der Waals surface area contributed by atoms with Gasteiger partial charge in [0.05, 0.1) is 32.9 Å². The van der Waals surface area contributed by atoms with Gasteiger partial charge in [-0.1, -0.05) is 6.07 Å². The summed E-state index contributed by atoms with van der Waals surface area (Å²) in [5, 5.41) is 5.90. The molecule has 0 bridgehead atoms. The maximum absolute atomic E-state index is 11.6. The van der Waals surface area contributed by atoms with Gasteiger partial charge in [0.25, 0.3) is 0 Å². The van der Waals surface area contributed by atoms with Gasteiger partial charge in [0.15, 0.2) is 0 Å². The van der Waals surface area contributed by atoms with Gasteiger partial charge < -0.3 is 20.1 Å². The van der Waals surface area contributed by atoms with Crippen molar-refractivity contribution in [2.75, 3.05) is 32.2 Å². The number of hydrogen-bond donors (Lipinski definition) is 2. The molecule has 1 amide bonds. The molecule has 0 atom stereocenters. The first kappa shape index (κ1) is 11.9. The predicted octanol–water partition coefficient (Wildman–Crippen LogP) is 0.622. The van der Waals surface area contributed by atoms with Crippen LogP contribution in [0, 0.1) is 0 Å². The van der Waals surface area contributed by atoms with Gasteiger partial charge in [0.2, 0.25) is 5.91 Å². The molecule has 1 heterocycles. The zero-order chi connectivity index (χ0) is 12.1. The van der Waals surface area contributed by atoms with Gasteiger partial charge in [0.1, 0.15) is 5.75 Å². The Kier molecular flexibility index (Phi) is 3.95. The van der Waals surface area contributed by atoms with Crippen LogP contribution in [0.4, 0.5) is 5.69 Å². The second-order valence-corrected chi connectivity index (χ2v) is 3.90. The van der Waals surface area contributed by atoms with Crippen molar-refractivity contribution in [2.24, 2.45) is 0 Å². The van der Waals surface area contributed by atoms with E-state index in [2.05, 4.69) is 10.6 Å². The number of rotatable bonds is 5. The Morgan fingerprint density at radius 1 is 1.53 bits per heavy atom. The molecule has 1 fully saturated rings. The minimum Gasteiger partial charge on any atom is -0.497 e. The van der Waals surface area contributed by atoms with Gasteiger partial charge in [-0.15, -0.1) is 0 Å². The lowest BCUT2D eigenvalue weighted by atomic mass is 10.2. The highest BCUT2D eigenvalue weighted by atomic mass is 16.5. The molecule has 5 heteroatoms. The number of carbonyl (C=O) groups is 1. The van der Waals surface area contributed by atoms with Crippen LogP contribution in [0.2, 0.25) is 0 Å². The van der Waals surface area contributed by atoms with E-state index in [-0.39, 0.29) is 5.91 Å². The Balaban J connectivity index is 1.79. The van der Waals surface area contributed by atoms with E-state index in [0.29, 0.717) is 25.8 Å². The van der Waals surface area contributed by atoms with Crippen molar-refractivity contribution >= 4 is 11.6 Å². The molecule has 1 aliphatic heterocycles. The molecule has 0 radical (unpaired) electrons. The monoisotopic (exact) mass is 236 g/mol. The molecule has 1 aromatic rings. The molecule has 2 N–H and O–H groups in total. The van der Waals surface area contributed by atoms with Crippen LogP contribution >= 0.6 is 0 Å². The van der Waals surface area contributed by atoms with E-state index in [1.165, 1.54) is 0 Å². The molecule has 17 heavy (non-hydrogen) atoms. The maximum atomic E-state index is 11.6. The third-order valence-electron chi connectivity index (χ3n) is 2.54. The van der Waals surface area contributed by atoms with Crippen LogP contribution in [0.25, 0.3) is 0 Å². The second kappa shape index (κ2) is 5.65. The molecule has 5 nitrogen and oxygen atoms in total. The number of carbonyl (C=O) groups excluding carboxylic acids is 1. The van der Waals surface area contributed by atoms with Crippen molar-refractivity contribution in [3.05, 3.63) is 24.3 Å². The fourth-order valence-electron chi connectivity index (χ4n) is 1.50. The minimum absolute atomic E-state index is 0.0647. The smallest absolute Gasteiger partial charge is 0.238 e. The quantitative estimate of drug-likeness (QED) is 0.787. The zero-order valence-corrected chi connectivity index (χ0v) is 9.73. The molecule has 0 unspecified atom stereocenters. The number of hydrogen-bond acceptors (Lipinski definition) is 4. The van der Waals surface area contributed by atoms with Gasteiger partial charge in [-0.2, -0.15) is 0 Å². The summed E-state index contributed by atoms with van der Waals surface area (Å²) in [6, 6.07) is 7.59. The van der Waals surface area contributed by atoms with Gasteiger partial charge in [-0.25, -0.2) is 0 Å². The summed E-state index contributed by atoms with van der Waals surface area (Å²) < 4.78 is 10.1. The highest BCUT2D eigenvalue weighted by Gasteiger charge is 2.18. The first-order chi connectivity index (χ1) is 8.28. The summed E-state index contributed by atoms with van der Waals surface area (Å²) in [4.78, 5) is 11.6. The zero-order valence-electron chi connectivity index (χ0n) is 9.73. The summed E-state index contributed by atoms with van der Waals surface area (Å²) in [6.07, 6.45) is 0. The average molecular weight is 236 g/mol. The summed E-state index contributed by atoms with van der Waals surface area (Å²) in [6.45, 7) is 1.67. The molecule has 2 rings (SSSR count). The Morgan fingerprint density at radius 2 is 2.35 bits per heavy atom. The maximum Gasteiger partial charge on any atom is 0.238 e. The number of methoxy groups -OCH3 is 1. The SMILES string of the molecule is COc1cccc(NC(=O)CNC2COC2)c1. The third kappa shape index (κ3) is 3.44. The molecular weight excluding hydrogens is 220 g/mol. The number of benzene rings is 1. The Hall–Kier alpha value is -1.59. The fraction of sp³-hybridized carbons (Fsp3) is 0.417. The first-order valence-corrected chi connectivity index (χ1v) is 5.53. The number of nitrogens with one attached hydrogen (secondary N) is 2. The summed E-state index contributed by atoms with van der Waals surface area (Å²) in [7, 11) is 1.60. The van der Waals surface area contributed by atoms with E-state index in [1.807, 2.05) is 18.2 Å². The molecule has 1 saturated heterocycles. The number of ether oxygens (including phenoxy) is 2. The number of amides is 1.